The number of benzene rings is 2. The Kier molecular flexibility index (Phi) is 9.02. The molecule has 0 aliphatic carbocycles. The third-order valence-electron chi connectivity index (χ3n) is 7.61. The normalized spacial score (nSPS) is 18.7. The van der Waals surface area contributed by atoms with E-state index in [1.54, 1.807) is 9.80 Å². The molecule has 2 aliphatic heterocycles. The Morgan fingerprint density at radius 2 is 1.72 bits per heavy atom. The van der Waals surface area contributed by atoms with E-state index in [2.05, 4.69) is 10.0 Å². The van der Waals surface area contributed by atoms with Crippen LogP contribution in [0.2, 0.25) is 10.0 Å². The molecule has 2 N–H and O–H groups in total. The highest BCUT2D eigenvalue weighted by Crippen LogP contribution is 2.33. The van der Waals surface area contributed by atoms with Gasteiger partial charge in [0, 0.05) is 17.8 Å². The predicted octanol–water partition coefficient (Wildman–Crippen LogP) is 4.01. The molecule has 2 bridgehead atoms. The monoisotopic (exact) mass is 661 g/mol. The van der Waals surface area contributed by atoms with Crippen LogP contribution in [-0.2, 0) is 19.6 Å². The van der Waals surface area contributed by atoms with Crippen LogP contribution in [-0.4, -0.2) is 73.7 Å². The van der Waals surface area contributed by atoms with Crippen LogP contribution in [0, 0.1) is 17.2 Å². The molecule has 0 spiro atoms. The van der Waals surface area contributed by atoms with E-state index in [0.29, 0.717) is 24.3 Å². The van der Waals surface area contributed by atoms with Crippen LogP contribution in [0.1, 0.15) is 41.9 Å². The number of likely N-dealkylation sites (tertiary alicyclic amines) is 2. The fourth-order valence-electron chi connectivity index (χ4n) is 5.67. The van der Waals surface area contributed by atoms with E-state index < -0.39 is 33.4 Å². The minimum Gasteiger partial charge on any atom is -0.340 e. The Bertz CT molecular complexity index is 1700. The Hall–Kier alpha value is -3.21. The second kappa shape index (κ2) is 12.4. The van der Waals surface area contributed by atoms with Crippen molar-refractivity contribution >= 4 is 72.4 Å². The van der Waals surface area contributed by atoms with Crippen molar-refractivity contribution in [2.24, 2.45) is 5.92 Å². The van der Waals surface area contributed by atoms with Crippen molar-refractivity contribution in [2.45, 2.75) is 49.7 Å². The third kappa shape index (κ3) is 6.51. The first kappa shape index (κ1) is 31.2. The molecule has 226 valence electrons. The van der Waals surface area contributed by atoms with E-state index in [1.807, 2.05) is 50.2 Å². The number of hydrogen-bond donors (Lipinski definition) is 2. The number of hydrogen-bond acceptors (Lipinski definition) is 7. The Balaban J connectivity index is 1.21. The molecule has 3 aromatic rings. The van der Waals surface area contributed by atoms with Crippen LogP contribution in [0.5, 0.6) is 0 Å². The zero-order valence-corrected chi connectivity index (χ0v) is 26.5. The van der Waals surface area contributed by atoms with E-state index in [0.717, 1.165) is 10.1 Å². The van der Waals surface area contributed by atoms with E-state index in [9.17, 15) is 22.8 Å². The van der Waals surface area contributed by atoms with Gasteiger partial charge in [-0.2, -0.15) is 5.26 Å². The van der Waals surface area contributed by atoms with E-state index >= 15 is 0 Å². The summed E-state index contributed by atoms with van der Waals surface area (Å²) in [4.78, 5) is 43.3. The third-order valence-corrected chi connectivity index (χ3v) is 11.1. The molecule has 1 aromatic heterocycles. The first-order valence-corrected chi connectivity index (χ1v) is 16.7. The van der Waals surface area contributed by atoms with Crippen LogP contribution in [0.15, 0.2) is 47.4 Å². The predicted molar refractivity (Wildman–Crippen MR) is 165 cm³/mol. The van der Waals surface area contributed by atoms with Crippen LogP contribution < -0.4 is 10.0 Å². The van der Waals surface area contributed by atoms with Gasteiger partial charge in [0.25, 0.3) is 5.91 Å². The number of fused-ring (bicyclic) bond motifs is 3. The maximum Gasteiger partial charge on any atom is 0.262 e. The number of sulfonamides is 1. The number of nitrogens with zero attached hydrogens (tertiary/aromatic N) is 3. The van der Waals surface area contributed by atoms with Crippen molar-refractivity contribution in [1.82, 2.24) is 19.8 Å². The van der Waals surface area contributed by atoms with Crippen LogP contribution in [0.25, 0.3) is 10.1 Å². The SMILES string of the molecule is CC(C)CC(NC(=O)c1cc2ccccc2s1)C(=O)N1C[C@@H]2C[C@H]1CN2C(=O)CNS(=O)(=O)c1c(Cl)cc(C#N)cc1Cl. The highest BCUT2D eigenvalue weighted by Gasteiger charge is 2.48. The Labute approximate surface area is 263 Å². The number of carbonyl (C=O) groups is 3. The van der Waals surface area contributed by atoms with Gasteiger partial charge in [-0.3, -0.25) is 14.4 Å². The lowest BCUT2D eigenvalue weighted by atomic mass is 10.0. The standard InChI is InChI=1S/C29H29Cl2N5O5S2/c1-16(2)7-23(34-28(38)25-10-18-5-3-4-6-24(18)42-25)29(39)36-15-19-11-20(36)14-35(19)26(37)13-33-43(40,41)27-21(30)8-17(12-32)9-22(27)31/h3-6,8-10,16,19-20,23,33H,7,11,13-15H2,1-2H3,(H,34,38)/t19-,20-,23?/m0/s1. The van der Waals surface area contributed by atoms with Crippen LogP contribution >= 0.6 is 34.5 Å². The van der Waals surface area contributed by atoms with Crippen molar-refractivity contribution in [2.75, 3.05) is 19.6 Å². The van der Waals surface area contributed by atoms with Crippen molar-refractivity contribution in [1.29, 1.82) is 5.26 Å². The second-order valence-electron chi connectivity index (χ2n) is 11.1. The number of nitriles is 1. The summed E-state index contributed by atoms with van der Waals surface area (Å²) < 4.78 is 29.0. The van der Waals surface area contributed by atoms with Crippen LogP contribution in [0.3, 0.4) is 0 Å². The van der Waals surface area contributed by atoms with Crippen molar-refractivity contribution in [3.63, 3.8) is 0 Å². The highest BCUT2D eigenvalue weighted by atomic mass is 35.5. The quantitative estimate of drug-likeness (QED) is 0.355. The number of carbonyl (C=O) groups excluding carboxylic acids is 3. The number of halogens is 2. The molecule has 3 amide bonds. The molecule has 0 radical (unpaired) electrons. The van der Waals surface area contributed by atoms with Crippen molar-refractivity contribution in [3.8, 4) is 6.07 Å². The fourth-order valence-corrected chi connectivity index (χ4v) is 8.82. The highest BCUT2D eigenvalue weighted by molar-refractivity contribution is 7.89. The molecule has 3 heterocycles. The maximum absolute atomic E-state index is 13.7. The Morgan fingerprint density at radius 1 is 1.07 bits per heavy atom. The molecular formula is C29H29Cl2N5O5S2. The maximum atomic E-state index is 13.7. The summed E-state index contributed by atoms with van der Waals surface area (Å²) in [6.07, 6.45) is 1.03. The lowest BCUT2D eigenvalue weighted by molar-refractivity contribution is -0.140. The molecule has 43 heavy (non-hydrogen) atoms. The van der Waals surface area contributed by atoms with Gasteiger partial charge in [-0.25, -0.2) is 13.1 Å². The van der Waals surface area contributed by atoms with Gasteiger partial charge < -0.3 is 15.1 Å². The number of thiophene rings is 1. The molecule has 2 saturated heterocycles. The molecule has 2 aromatic carbocycles. The van der Waals surface area contributed by atoms with Gasteiger partial charge in [0.05, 0.1) is 45.2 Å². The second-order valence-corrected chi connectivity index (χ2v) is 14.7. The molecule has 2 aliphatic rings. The van der Waals surface area contributed by atoms with Crippen LogP contribution in [0.4, 0.5) is 0 Å². The minimum absolute atomic E-state index is 0.104. The number of nitrogens with one attached hydrogen (secondary N) is 2. The molecule has 14 heteroatoms. The molecule has 1 unspecified atom stereocenters. The van der Waals surface area contributed by atoms with Gasteiger partial charge in [-0.05, 0) is 48.4 Å². The average molecular weight is 663 g/mol. The summed E-state index contributed by atoms with van der Waals surface area (Å²) in [5.74, 6) is -0.772. The molecule has 3 atom stereocenters. The Morgan fingerprint density at radius 3 is 2.33 bits per heavy atom. The van der Waals surface area contributed by atoms with Crippen molar-refractivity contribution < 1.29 is 22.8 Å². The summed E-state index contributed by atoms with van der Waals surface area (Å²) >= 11 is 13.5. The zero-order valence-electron chi connectivity index (χ0n) is 23.3. The molecule has 5 rings (SSSR count). The summed E-state index contributed by atoms with van der Waals surface area (Å²) in [5.41, 5.74) is 0.104. The topological polar surface area (TPSA) is 140 Å². The summed E-state index contributed by atoms with van der Waals surface area (Å²) in [6, 6.07) is 12.5. The lowest BCUT2D eigenvalue weighted by Crippen LogP contribution is -2.57. The number of rotatable bonds is 9. The summed E-state index contributed by atoms with van der Waals surface area (Å²) in [5, 5.41) is 12.5. The van der Waals surface area contributed by atoms with E-state index in [4.69, 9.17) is 28.5 Å². The fraction of sp³-hybridized carbons (Fsp3) is 0.379. The van der Waals surface area contributed by atoms with Gasteiger partial charge in [-0.15, -0.1) is 11.3 Å². The smallest absolute Gasteiger partial charge is 0.262 e. The average Bonchev–Trinajstić information content (AvgIpc) is 3.69. The van der Waals surface area contributed by atoms with Gasteiger partial charge >= 0.3 is 0 Å². The van der Waals surface area contributed by atoms with Gasteiger partial charge in [0.2, 0.25) is 21.8 Å². The van der Waals surface area contributed by atoms with Gasteiger partial charge in [0.15, 0.2) is 0 Å². The number of piperazine rings is 1. The first-order chi connectivity index (χ1) is 20.4. The molecule has 2 fully saturated rings. The summed E-state index contributed by atoms with van der Waals surface area (Å²) in [7, 11) is -4.25. The summed E-state index contributed by atoms with van der Waals surface area (Å²) in [6.45, 7) is 4.01. The van der Waals surface area contributed by atoms with E-state index in [1.165, 1.54) is 23.5 Å². The van der Waals surface area contributed by atoms with E-state index in [-0.39, 0.29) is 52.0 Å². The first-order valence-electron chi connectivity index (χ1n) is 13.7. The molecule has 10 nitrogen and oxygen atoms in total. The zero-order chi connectivity index (χ0) is 31.1. The number of amides is 3. The molecule has 0 saturated carbocycles. The van der Waals surface area contributed by atoms with Gasteiger partial charge in [0.1, 0.15) is 10.9 Å². The largest absolute Gasteiger partial charge is 0.340 e. The lowest BCUT2D eigenvalue weighted by Gasteiger charge is -2.36. The van der Waals surface area contributed by atoms with Gasteiger partial charge in [-0.1, -0.05) is 55.2 Å². The molecular weight excluding hydrogens is 633 g/mol. The van der Waals surface area contributed by atoms with Crippen molar-refractivity contribution in [3.05, 3.63) is 63.0 Å². The minimum atomic E-state index is -4.25.